The molecule has 1 atom stereocenters. The summed E-state index contributed by atoms with van der Waals surface area (Å²) in [6.45, 7) is 3.60. The summed E-state index contributed by atoms with van der Waals surface area (Å²) < 4.78 is 0. The molecule has 0 aliphatic carbocycles. The number of aryl methyl sites for hydroxylation is 2. The van der Waals surface area contributed by atoms with E-state index in [4.69, 9.17) is 0 Å². The summed E-state index contributed by atoms with van der Waals surface area (Å²) in [5.41, 5.74) is 6.94. The first-order valence-corrected chi connectivity index (χ1v) is 10.6. The number of nitrogens with zero attached hydrogens (tertiary/aromatic N) is 2. The summed E-state index contributed by atoms with van der Waals surface area (Å²) in [5, 5.41) is 16.3. The van der Waals surface area contributed by atoms with Crippen molar-refractivity contribution in [3.63, 3.8) is 0 Å². The van der Waals surface area contributed by atoms with Crippen LogP contribution in [0.3, 0.4) is 0 Å². The monoisotopic (exact) mass is 416 g/mol. The first kappa shape index (κ1) is 20.9. The van der Waals surface area contributed by atoms with Gasteiger partial charge >= 0.3 is 5.97 Å². The van der Waals surface area contributed by atoms with Crippen LogP contribution in [0.15, 0.2) is 60.9 Å². The molecule has 0 saturated heterocycles. The number of hydrogen-bond acceptors (Lipinski definition) is 5. The van der Waals surface area contributed by atoms with E-state index in [1.54, 1.807) is 6.20 Å². The molecule has 6 nitrogen and oxygen atoms in total. The van der Waals surface area contributed by atoms with Gasteiger partial charge in [0.25, 0.3) is 0 Å². The number of carboxylic acids is 1. The lowest BCUT2D eigenvalue weighted by Crippen LogP contribution is -2.28. The van der Waals surface area contributed by atoms with E-state index in [0.717, 1.165) is 30.8 Å². The zero-order valence-corrected chi connectivity index (χ0v) is 17.9. The normalized spacial score (nSPS) is 15.6. The largest absolute Gasteiger partial charge is 0.478 e. The van der Waals surface area contributed by atoms with Crippen LogP contribution in [0, 0.1) is 6.92 Å². The zero-order chi connectivity index (χ0) is 21.8. The Bertz CT molecular complexity index is 1070. The van der Waals surface area contributed by atoms with Crippen molar-refractivity contribution in [2.75, 3.05) is 30.4 Å². The molecule has 0 bridgehead atoms. The zero-order valence-electron chi connectivity index (χ0n) is 17.9. The van der Waals surface area contributed by atoms with Crippen molar-refractivity contribution in [3.8, 4) is 0 Å². The number of aromatic nitrogens is 1. The van der Waals surface area contributed by atoms with Gasteiger partial charge in [0.1, 0.15) is 0 Å². The van der Waals surface area contributed by atoms with Crippen LogP contribution in [-0.4, -0.2) is 36.2 Å². The maximum atomic E-state index is 11.5. The maximum absolute atomic E-state index is 11.5. The number of anilines is 3. The molecule has 2 aromatic carbocycles. The topological polar surface area (TPSA) is 77.5 Å². The quantitative estimate of drug-likeness (QED) is 0.547. The minimum absolute atomic E-state index is 0.0954. The summed E-state index contributed by atoms with van der Waals surface area (Å²) in [5.74, 6) is -0.956. The van der Waals surface area contributed by atoms with E-state index < -0.39 is 5.97 Å². The number of carbonyl (C=O) groups is 1. The number of pyridine rings is 1. The van der Waals surface area contributed by atoms with Gasteiger partial charge in [0, 0.05) is 37.2 Å². The molecule has 0 unspecified atom stereocenters. The van der Waals surface area contributed by atoms with Gasteiger partial charge in [-0.25, -0.2) is 4.79 Å². The Labute approximate surface area is 182 Å². The number of nitrogens with one attached hydrogen (secondary N) is 2. The van der Waals surface area contributed by atoms with Crippen molar-refractivity contribution in [2.45, 2.75) is 25.8 Å². The van der Waals surface area contributed by atoms with Crippen molar-refractivity contribution in [3.05, 3.63) is 83.2 Å². The van der Waals surface area contributed by atoms with E-state index in [2.05, 4.69) is 77.0 Å². The lowest BCUT2D eigenvalue weighted by Gasteiger charge is -2.24. The molecule has 160 valence electrons. The highest BCUT2D eigenvalue weighted by molar-refractivity contribution is 5.93. The Morgan fingerprint density at radius 3 is 2.74 bits per heavy atom. The van der Waals surface area contributed by atoms with E-state index in [1.807, 2.05) is 0 Å². The van der Waals surface area contributed by atoms with Gasteiger partial charge in [-0.15, -0.1) is 0 Å². The average molecular weight is 417 g/mol. The molecule has 3 N–H and O–H groups in total. The van der Waals surface area contributed by atoms with Gasteiger partial charge in [-0.2, -0.15) is 0 Å². The van der Waals surface area contributed by atoms with Crippen LogP contribution in [0.2, 0.25) is 0 Å². The molecule has 0 fully saturated rings. The smallest absolute Gasteiger partial charge is 0.337 e. The number of fused-ring (bicyclic) bond motifs is 1. The third-order valence-electron chi connectivity index (χ3n) is 5.87. The van der Waals surface area contributed by atoms with Crippen LogP contribution in [0.25, 0.3) is 0 Å². The maximum Gasteiger partial charge on any atom is 0.337 e. The van der Waals surface area contributed by atoms with E-state index in [0.29, 0.717) is 12.2 Å². The second-order valence-electron chi connectivity index (χ2n) is 8.00. The first-order valence-electron chi connectivity index (χ1n) is 10.6. The summed E-state index contributed by atoms with van der Waals surface area (Å²) >= 11 is 0. The van der Waals surface area contributed by atoms with Crippen molar-refractivity contribution in [2.24, 2.45) is 0 Å². The number of hydrogen-bond donors (Lipinski definition) is 3. The lowest BCUT2D eigenvalue weighted by atomic mass is 9.97. The minimum atomic E-state index is -0.956. The molecule has 0 amide bonds. The Morgan fingerprint density at radius 1 is 1.19 bits per heavy atom. The number of benzene rings is 2. The van der Waals surface area contributed by atoms with Crippen molar-refractivity contribution < 1.29 is 9.90 Å². The molecule has 4 rings (SSSR count). The minimum Gasteiger partial charge on any atom is -0.478 e. The molecule has 1 aromatic heterocycles. The van der Waals surface area contributed by atoms with E-state index >= 15 is 0 Å². The number of carboxylic acid groups (broad SMARTS) is 1. The molecule has 0 saturated carbocycles. The van der Waals surface area contributed by atoms with Crippen LogP contribution < -0.4 is 15.5 Å². The highest BCUT2D eigenvalue weighted by Crippen LogP contribution is 2.30. The SMILES string of the molecule is Cc1ccc(N(C)c2ccc3c(c2)CCCN[C@H]3CNc2cnccc2C(=O)O)cc1. The molecular weight excluding hydrogens is 388 g/mol. The van der Waals surface area contributed by atoms with Crippen LogP contribution >= 0.6 is 0 Å². The molecular formula is C25H28N4O2. The molecule has 2 heterocycles. The number of aromatic carboxylic acids is 1. The van der Waals surface area contributed by atoms with Crippen molar-refractivity contribution in [1.82, 2.24) is 10.3 Å². The van der Waals surface area contributed by atoms with E-state index in [9.17, 15) is 9.90 Å². The average Bonchev–Trinajstić information content (AvgIpc) is 2.99. The fourth-order valence-corrected chi connectivity index (χ4v) is 4.06. The molecule has 0 radical (unpaired) electrons. The van der Waals surface area contributed by atoms with Gasteiger partial charge in [0.15, 0.2) is 0 Å². The van der Waals surface area contributed by atoms with Crippen LogP contribution in [0.1, 0.15) is 39.5 Å². The van der Waals surface area contributed by atoms with Crippen LogP contribution in [0.5, 0.6) is 0 Å². The molecule has 6 heteroatoms. The molecule has 1 aliphatic heterocycles. The highest BCUT2D eigenvalue weighted by Gasteiger charge is 2.20. The van der Waals surface area contributed by atoms with Crippen LogP contribution in [0.4, 0.5) is 17.1 Å². The third-order valence-corrected chi connectivity index (χ3v) is 5.87. The third kappa shape index (κ3) is 4.70. The van der Waals surface area contributed by atoms with Crippen molar-refractivity contribution >= 4 is 23.0 Å². The summed E-state index contributed by atoms with van der Waals surface area (Å²) in [7, 11) is 2.09. The van der Waals surface area contributed by atoms with Crippen molar-refractivity contribution in [1.29, 1.82) is 0 Å². The predicted octanol–water partition coefficient (Wildman–Crippen LogP) is 4.55. The van der Waals surface area contributed by atoms with Gasteiger partial charge in [-0.3, -0.25) is 4.98 Å². The van der Waals surface area contributed by atoms with Gasteiger partial charge in [0.05, 0.1) is 17.4 Å². The second-order valence-corrected chi connectivity index (χ2v) is 8.00. The standard InChI is InChI=1S/C25H28N4O2/c1-17-5-7-19(8-6-17)29(2)20-9-10-21-18(14-20)4-3-12-27-24(21)16-28-23-15-26-13-11-22(23)25(30)31/h5-11,13-15,24,27-28H,3-4,12,16H2,1-2H3,(H,30,31)/t24-/m0/s1. The second kappa shape index (κ2) is 9.18. The summed E-state index contributed by atoms with van der Waals surface area (Å²) in [6.07, 6.45) is 5.15. The van der Waals surface area contributed by atoms with E-state index in [-0.39, 0.29) is 11.6 Å². The Balaban J connectivity index is 1.55. The number of rotatable bonds is 6. The fraction of sp³-hybridized carbons (Fsp3) is 0.280. The summed E-state index contributed by atoms with van der Waals surface area (Å²) in [4.78, 5) is 17.8. The lowest BCUT2D eigenvalue weighted by molar-refractivity contribution is 0.0697. The Kier molecular flexibility index (Phi) is 6.18. The molecule has 0 spiro atoms. The Morgan fingerprint density at radius 2 is 1.97 bits per heavy atom. The summed E-state index contributed by atoms with van der Waals surface area (Å²) in [6, 6.07) is 16.8. The molecule has 1 aliphatic rings. The molecule has 31 heavy (non-hydrogen) atoms. The first-order chi connectivity index (χ1) is 15.0. The van der Waals surface area contributed by atoms with E-state index in [1.165, 1.54) is 29.0 Å². The fourth-order valence-electron chi connectivity index (χ4n) is 4.06. The van der Waals surface area contributed by atoms with Gasteiger partial charge in [0.2, 0.25) is 0 Å². The predicted molar refractivity (Wildman–Crippen MR) is 124 cm³/mol. The van der Waals surface area contributed by atoms with Gasteiger partial charge in [-0.1, -0.05) is 23.8 Å². The Hall–Kier alpha value is -3.38. The van der Waals surface area contributed by atoms with Gasteiger partial charge < -0.3 is 20.6 Å². The highest BCUT2D eigenvalue weighted by atomic mass is 16.4. The van der Waals surface area contributed by atoms with Crippen LogP contribution in [-0.2, 0) is 6.42 Å². The van der Waals surface area contributed by atoms with Gasteiger partial charge in [-0.05, 0) is 67.8 Å². The molecule has 3 aromatic rings.